The van der Waals surface area contributed by atoms with Crippen molar-refractivity contribution < 1.29 is 6.22 Å². The number of Topliss-reactive ketones (excluding diaryl/α,β-unsaturated/α-hetero) is 1. The van der Waals surface area contributed by atoms with Crippen molar-refractivity contribution in [2.24, 2.45) is 11.7 Å². The van der Waals surface area contributed by atoms with Gasteiger partial charge in [-0.3, -0.25) is 4.79 Å². The molecular formula is C12H27NO. The Balaban J connectivity index is 0. The third kappa shape index (κ3) is 5.38. The normalized spacial score (nSPS) is 26.3. The average Bonchev–Trinajstić information content (AvgIpc) is 2.24. The number of hydrogen-bond acceptors (Lipinski definition) is 2. The van der Waals surface area contributed by atoms with Gasteiger partial charge in [-0.25, -0.2) is 0 Å². The highest BCUT2D eigenvalue weighted by atomic mass is 16.1. The van der Waals surface area contributed by atoms with Crippen molar-refractivity contribution in [3.05, 3.63) is 0 Å². The Kier molecular flexibility index (Phi) is 7.77. The lowest BCUT2D eigenvalue weighted by Gasteiger charge is -2.25. The molecule has 0 heterocycles. The fourth-order valence-corrected chi connectivity index (χ4v) is 1.86. The van der Waals surface area contributed by atoms with E-state index in [1.165, 1.54) is 0 Å². The molecule has 0 spiro atoms. The third-order valence-corrected chi connectivity index (χ3v) is 2.80. The minimum absolute atomic E-state index is 0. The maximum Gasteiger partial charge on any atom is 0.132 e. The van der Waals surface area contributed by atoms with Gasteiger partial charge in [0.1, 0.15) is 5.78 Å². The van der Waals surface area contributed by atoms with Gasteiger partial charge in [-0.2, -0.15) is 0 Å². The Hall–Kier alpha value is -0.370. The van der Waals surface area contributed by atoms with Gasteiger partial charge >= 0.3 is 0 Å². The molecule has 14 heavy (non-hydrogen) atoms. The number of nitrogens with two attached hydrogens (primary N) is 1. The van der Waals surface area contributed by atoms with E-state index in [-0.39, 0.29) is 1.43 Å². The standard InChI is InChI=1S/C10H19NO.C2H6.H2/c1-2-10(12)7-8-3-5-9(11)6-4-8;1-2;/h8-9H,2-7,11H2,1H3;1-2H3;1H. The third-order valence-electron chi connectivity index (χ3n) is 2.80. The minimum atomic E-state index is 0. The van der Waals surface area contributed by atoms with Crippen molar-refractivity contribution in [1.29, 1.82) is 0 Å². The van der Waals surface area contributed by atoms with Crippen LogP contribution in [0.4, 0.5) is 0 Å². The van der Waals surface area contributed by atoms with Gasteiger partial charge in [0.2, 0.25) is 0 Å². The molecular weight excluding hydrogens is 174 g/mol. The lowest BCUT2D eigenvalue weighted by atomic mass is 9.83. The molecule has 1 aliphatic rings. The molecule has 0 unspecified atom stereocenters. The van der Waals surface area contributed by atoms with Crippen LogP contribution >= 0.6 is 0 Å². The molecule has 2 N–H and O–H groups in total. The fraction of sp³-hybridized carbons (Fsp3) is 0.917. The second-order valence-corrected chi connectivity index (χ2v) is 3.88. The first kappa shape index (κ1) is 13.6. The van der Waals surface area contributed by atoms with Crippen LogP contribution in [0.3, 0.4) is 0 Å². The number of carbonyl (C=O) groups is 1. The van der Waals surface area contributed by atoms with Crippen LogP contribution in [0.15, 0.2) is 0 Å². The first-order chi connectivity index (χ1) is 6.72. The number of ketones is 1. The molecule has 86 valence electrons. The van der Waals surface area contributed by atoms with Crippen LogP contribution in [0, 0.1) is 5.92 Å². The van der Waals surface area contributed by atoms with Crippen molar-refractivity contribution >= 4 is 5.78 Å². The van der Waals surface area contributed by atoms with Crippen LogP contribution in [0.5, 0.6) is 0 Å². The first-order valence-corrected chi connectivity index (χ1v) is 5.99. The summed E-state index contributed by atoms with van der Waals surface area (Å²) in [6.45, 7) is 5.94. The van der Waals surface area contributed by atoms with Gasteiger partial charge in [-0.05, 0) is 31.6 Å². The number of rotatable bonds is 3. The summed E-state index contributed by atoms with van der Waals surface area (Å²) in [6.07, 6.45) is 6.04. The minimum Gasteiger partial charge on any atom is -0.328 e. The predicted molar refractivity (Wildman–Crippen MR) is 63.3 cm³/mol. The Bertz CT molecular complexity index is 154. The van der Waals surface area contributed by atoms with Gasteiger partial charge in [-0.15, -0.1) is 0 Å². The summed E-state index contributed by atoms with van der Waals surface area (Å²) in [5, 5.41) is 0. The Morgan fingerprint density at radius 2 is 1.79 bits per heavy atom. The Labute approximate surface area is 89.7 Å². The average molecular weight is 201 g/mol. The topological polar surface area (TPSA) is 43.1 Å². The highest BCUT2D eigenvalue weighted by Crippen LogP contribution is 2.26. The summed E-state index contributed by atoms with van der Waals surface area (Å²) in [7, 11) is 0. The van der Waals surface area contributed by atoms with Gasteiger partial charge in [0, 0.05) is 20.3 Å². The summed E-state index contributed by atoms with van der Waals surface area (Å²) in [4.78, 5) is 11.1. The lowest BCUT2D eigenvalue weighted by molar-refractivity contribution is -0.119. The molecule has 0 bridgehead atoms. The predicted octanol–water partition coefficient (Wildman–Crippen LogP) is 3.15. The zero-order valence-corrected chi connectivity index (χ0v) is 9.88. The van der Waals surface area contributed by atoms with E-state index >= 15 is 0 Å². The summed E-state index contributed by atoms with van der Waals surface area (Å²) in [6, 6.07) is 0.401. The van der Waals surface area contributed by atoms with E-state index in [9.17, 15) is 4.79 Å². The molecule has 2 nitrogen and oxygen atoms in total. The maximum absolute atomic E-state index is 11.1. The molecule has 1 rings (SSSR count). The van der Waals surface area contributed by atoms with Gasteiger partial charge in [-0.1, -0.05) is 20.8 Å². The molecule has 1 aliphatic carbocycles. The number of hydrogen-bond donors (Lipinski definition) is 1. The van der Waals surface area contributed by atoms with Crippen LogP contribution in [-0.2, 0) is 4.79 Å². The van der Waals surface area contributed by atoms with Gasteiger partial charge in [0.25, 0.3) is 0 Å². The van der Waals surface area contributed by atoms with E-state index in [4.69, 9.17) is 5.73 Å². The molecule has 0 aromatic carbocycles. The van der Waals surface area contributed by atoms with E-state index in [0.29, 0.717) is 24.2 Å². The molecule has 0 radical (unpaired) electrons. The van der Waals surface area contributed by atoms with E-state index < -0.39 is 0 Å². The molecule has 0 aromatic heterocycles. The monoisotopic (exact) mass is 201 g/mol. The number of carbonyl (C=O) groups excluding carboxylic acids is 1. The van der Waals surface area contributed by atoms with Gasteiger partial charge in [0.05, 0.1) is 0 Å². The van der Waals surface area contributed by atoms with Crippen molar-refractivity contribution in [1.82, 2.24) is 0 Å². The van der Waals surface area contributed by atoms with Crippen LogP contribution in [0.2, 0.25) is 0 Å². The molecule has 0 aliphatic heterocycles. The maximum atomic E-state index is 11.1. The lowest BCUT2D eigenvalue weighted by Crippen LogP contribution is -2.27. The van der Waals surface area contributed by atoms with Crippen molar-refractivity contribution in [2.45, 2.75) is 65.3 Å². The Morgan fingerprint density at radius 3 is 2.21 bits per heavy atom. The second-order valence-electron chi connectivity index (χ2n) is 3.88. The summed E-state index contributed by atoms with van der Waals surface area (Å²) >= 11 is 0. The molecule has 0 saturated heterocycles. The zero-order chi connectivity index (χ0) is 11.0. The van der Waals surface area contributed by atoms with Crippen molar-refractivity contribution in [3.8, 4) is 0 Å². The largest absolute Gasteiger partial charge is 0.328 e. The van der Waals surface area contributed by atoms with Crippen LogP contribution in [-0.4, -0.2) is 11.8 Å². The summed E-state index contributed by atoms with van der Waals surface area (Å²) in [5.74, 6) is 1.05. The van der Waals surface area contributed by atoms with E-state index in [2.05, 4.69) is 0 Å². The molecule has 0 atom stereocenters. The SMILES string of the molecule is CC.CCC(=O)CC1CCC(N)CC1.[HH]. The highest BCUT2D eigenvalue weighted by Gasteiger charge is 2.19. The first-order valence-electron chi connectivity index (χ1n) is 5.99. The van der Waals surface area contributed by atoms with Crippen molar-refractivity contribution in [3.63, 3.8) is 0 Å². The van der Waals surface area contributed by atoms with E-state index in [0.717, 1.165) is 32.1 Å². The molecule has 1 saturated carbocycles. The summed E-state index contributed by atoms with van der Waals surface area (Å²) in [5.41, 5.74) is 5.78. The van der Waals surface area contributed by atoms with Crippen LogP contribution < -0.4 is 5.73 Å². The van der Waals surface area contributed by atoms with Gasteiger partial charge < -0.3 is 5.73 Å². The molecule has 2 heteroatoms. The quantitative estimate of drug-likeness (QED) is 0.762. The fourth-order valence-electron chi connectivity index (χ4n) is 1.86. The smallest absolute Gasteiger partial charge is 0.132 e. The molecule has 0 amide bonds. The van der Waals surface area contributed by atoms with E-state index in [1.807, 2.05) is 20.8 Å². The van der Waals surface area contributed by atoms with E-state index in [1.54, 1.807) is 0 Å². The second kappa shape index (κ2) is 7.98. The van der Waals surface area contributed by atoms with Crippen molar-refractivity contribution in [2.75, 3.05) is 0 Å². The van der Waals surface area contributed by atoms with Gasteiger partial charge in [0.15, 0.2) is 0 Å². The van der Waals surface area contributed by atoms with Crippen LogP contribution in [0.1, 0.15) is 60.7 Å². The molecule has 1 fully saturated rings. The zero-order valence-electron chi connectivity index (χ0n) is 9.88. The van der Waals surface area contributed by atoms with Crippen LogP contribution in [0.25, 0.3) is 0 Å². The Morgan fingerprint density at radius 1 is 1.29 bits per heavy atom. The molecule has 0 aromatic rings. The summed E-state index contributed by atoms with van der Waals surface area (Å²) < 4.78 is 0. The highest BCUT2D eigenvalue weighted by molar-refractivity contribution is 5.78.